The third kappa shape index (κ3) is 3.87. The number of benzene rings is 1. The zero-order valence-electron chi connectivity index (χ0n) is 12.0. The predicted molar refractivity (Wildman–Crippen MR) is 77.7 cm³/mol. The van der Waals surface area contributed by atoms with Gasteiger partial charge in [-0.1, -0.05) is 25.7 Å². The Labute approximate surface area is 116 Å². The minimum Gasteiger partial charge on any atom is -0.497 e. The van der Waals surface area contributed by atoms with Crippen molar-refractivity contribution >= 4 is 0 Å². The Balaban J connectivity index is 1.98. The van der Waals surface area contributed by atoms with E-state index in [1.54, 1.807) is 14.2 Å². The zero-order valence-corrected chi connectivity index (χ0v) is 12.0. The second-order valence-corrected chi connectivity index (χ2v) is 5.48. The summed E-state index contributed by atoms with van der Waals surface area (Å²) in [5, 5.41) is 0. The van der Waals surface area contributed by atoms with Gasteiger partial charge in [0, 0.05) is 12.1 Å². The molecule has 0 radical (unpaired) electrons. The van der Waals surface area contributed by atoms with Gasteiger partial charge in [0.1, 0.15) is 11.5 Å². The molecule has 1 saturated carbocycles. The Morgan fingerprint density at radius 1 is 1.11 bits per heavy atom. The molecule has 2 rings (SSSR count). The van der Waals surface area contributed by atoms with Gasteiger partial charge in [0.15, 0.2) is 0 Å². The van der Waals surface area contributed by atoms with Gasteiger partial charge in [-0.2, -0.15) is 0 Å². The normalized spacial score (nSPS) is 17.4. The first-order valence-electron chi connectivity index (χ1n) is 7.21. The monoisotopic (exact) mass is 263 g/mol. The Bertz CT molecular complexity index is 377. The Morgan fingerprint density at radius 2 is 1.68 bits per heavy atom. The van der Waals surface area contributed by atoms with Crippen LogP contribution in [0.2, 0.25) is 0 Å². The average molecular weight is 263 g/mol. The molecule has 1 atom stereocenters. The van der Waals surface area contributed by atoms with Gasteiger partial charge >= 0.3 is 0 Å². The molecule has 0 aromatic heterocycles. The molecule has 0 amide bonds. The summed E-state index contributed by atoms with van der Waals surface area (Å²) in [6.07, 6.45) is 7.84. The van der Waals surface area contributed by atoms with Gasteiger partial charge in [0.05, 0.1) is 14.2 Å². The first-order valence-corrected chi connectivity index (χ1v) is 7.21. The van der Waals surface area contributed by atoms with Gasteiger partial charge in [-0.05, 0) is 36.5 Å². The van der Waals surface area contributed by atoms with Crippen LogP contribution in [-0.2, 0) is 0 Å². The fourth-order valence-corrected chi connectivity index (χ4v) is 2.92. The highest BCUT2D eigenvalue weighted by Crippen LogP contribution is 2.32. The summed E-state index contributed by atoms with van der Waals surface area (Å²) in [7, 11) is 3.34. The van der Waals surface area contributed by atoms with E-state index in [1.165, 1.54) is 32.1 Å². The molecule has 1 aliphatic rings. The van der Waals surface area contributed by atoms with Gasteiger partial charge in [-0.3, -0.25) is 0 Å². The molecule has 1 aromatic rings. The van der Waals surface area contributed by atoms with Gasteiger partial charge in [0.2, 0.25) is 0 Å². The molecule has 1 fully saturated rings. The average Bonchev–Trinajstić information content (AvgIpc) is 2.97. The van der Waals surface area contributed by atoms with Crippen LogP contribution in [0.25, 0.3) is 0 Å². The van der Waals surface area contributed by atoms with Crippen molar-refractivity contribution in [1.29, 1.82) is 0 Å². The lowest BCUT2D eigenvalue weighted by Gasteiger charge is -2.17. The number of ether oxygens (including phenoxy) is 2. The van der Waals surface area contributed by atoms with Crippen LogP contribution in [0.3, 0.4) is 0 Å². The maximum absolute atomic E-state index is 6.31. The van der Waals surface area contributed by atoms with Gasteiger partial charge < -0.3 is 15.2 Å². The van der Waals surface area contributed by atoms with Crippen molar-refractivity contribution in [3.8, 4) is 11.5 Å². The van der Waals surface area contributed by atoms with Crippen molar-refractivity contribution in [2.45, 2.75) is 44.6 Å². The molecule has 0 heterocycles. The zero-order chi connectivity index (χ0) is 13.7. The molecule has 19 heavy (non-hydrogen) atoms. The van der Waals surface area contributed by atoms with Crippen LogP contribution < -0.4 is 15.2 Å². The fourth-order valence-electron chi connectivity index (χ4n) is 2.92. The standard InChI is InChI=1S/C16H25NO2/c1-18-14-9-13(10-15(11-14)19-2)16(17)8-7-12-5-3-4-6-12/h9-12,16H,3-8,17H2,1-2H3. The van der Waals surface area contributed by atoms with Crippen molar-refractivity contribution in [1.82, 2.24) is 0 Å². The van der Waals surface area contributed by atoms with Crippen molar-refractivity contribution in [3.05, 3.63) is 23.8 Å². The van der Waals surface area contributed by atoms with E-state index in [1.807, 2.05) is 18.2 Å². The van der Waals surface area contributed by atoms with E-state index >= 15 is 0 Å². The maximum Gasteiger partial charge on any atom is 0.122 e. The van der Waals surface area contributed by atoms with Crippen LogP contribution in [0.1, 0.15) is 50.1 Å². The minimum atomic E-state index is 0.0737. The third-order valence-electron chi connectivity index (χ3n) is 4.16. The highest BCUT2D eigenvalue weighted by Gasteiger charge is 2.17. The van der Waals surface area contributed by atoms with Crippen LogP contribution in [0.4, 0.5) is 0 Å². The fraction of sp³-hybridized carbons (Fsp3) is 0.625. The molecule has 1 aliphatic carbocycles. The molecule has 1 unspecified atom stereocenters. The summed E-state index contributed by atoms with van der Waals surface area (Å²) < 4.78 is 10.6. The predicted octanol–water partition coefficient (Wildman–Crippen LogP) is 3.67. The summed E-state index contributed by atoms with van der Waals surface area (Å²) in [6.45, 7) is 0. The maximum atomic E-state index is 6.31. The van der Waals surface area contributed by atoms with Crippen LogP contribution in [0.5, 0.6) is 11.5 Å². The van der Waals surface area contributed by atoms with E-state index in [4.69, 9.17) is 15.2 Å². The number of hydrogen-bond acceptors (Lipinski definition) is 3. The quantitative estimate of drug-likeness (QED) is 0.851. The molecule has 1 aromatic carbocycles. The second-order valence-electron chi connectivity index (χ2n) is 5.48. The first-order chi connectivity index (χ1) is 9.22. The highest BCUT2D eigenvalue weighted by atomic mass is 16.5. The number of methoxy groups -OCH3 is 2. The summed E-state index contributed by atoms with van der Waals surface area (Å²) in [5.41, 5.74) is 7.41. The van der Waals surface area contributed by atoms with Gasteiger partial charge in [0.25, 0.3) is 0 Å². The molecule has 3 nitrogen and oxygen atoms in total. The summed E-state index contributed by atoms with van der Waals surface area (Å²) >= 11 is 0. The molecule has 3 heteroatoms. The smallest absolute Gasteiger partial charge is 0.122 e. The lowest BCUT2D eigenvalue weighted by Crippen LogP contribution is -2.12. The topological polar surface area (TPSA) is 44.5 Å². The molecule has 0 spiro atoms. The first kappa shape index (κ1) is 14.2. The Morgan fingerprint density at radius 3 is 2.21 bits per heavy atom. The van der Waals surface area contributed by atoms with Crippen molar-refractivity contribution in [2.24, 2.45) is 11.7 Å². The van der Waals surface area contributed by atoms with Crippen molar-refractivity contribution < 1.29 is 9.47 Å². The molecule has 2 N–H and O–H groups in total. The molecule has 0 aliphatic heterocycles. The molecular formula is C16H25NO2. The van der Waals surface area contributed by atoms with Crippen LogP contribution >= 0.6 is 0 Å². The van der Waals surface area contributed by atoms with Gasteiger partial charge in [-0.15, -0.1) is 0 Å². The molecular weight excluding hydrogens is 238 g/mol. The van der Waals surface area contributed by atoms with Crippen LogP contribution in [-0.4, -0.2) is 14.2 Å². The third-order valence-corrected chi connectivity index (χ3v) is 4.16. The van der Waals surface area contributed by atoms with E-state index in [0.29, 0.717) is 0 Å². The van der Waals surface area contributed by atoms with Crippen molar-refractivity contribution in [3.63, 3.8) is 0 Å². The van der Waals surface area contributed by atoms with E-state index in [0.717, 1.165) is 29.4 Å². The van der Waals surface area contributed by atoms with Crippen LogP contribution in [0.15, 0.2) is 18.2 Å². The van der Waals surface area contributed by atoms with E-state index in [9.17, 15) is 0 Å². The van der Waals surface area contributed by atoms with Gasteiger partial charge in [-0.25, -0.2) is 0 Å². The van der Waals surface area contributed by atoms with E-state index < -0.39 is 0 Å². The van der Waals surface area contributed by atoms with E-state index in [-0.39, 0.29) is 6.04 Å². The van der Waals surface area contributed by atoms with Crippen molar-refractivity contribution in [2.75, 3.05) is 14.2 Å². The summed E-state index contributed by atoms with van der Waals surface area (Å²) in [5.74, 6) is 2.51. The lowest BCUT2D eigenvalue weighted by atomic mass is 9.95. The molecule has 106 valence electrons. The minimum absolute atomic E-state index is 0.0737. The van der Waals surface area contributed by atoms with Crippen LogP contribution in [0, 0.1) is 5.92 Å². The Kier molecular flexibility index (Phi) is 5.08. The number of hydrogen-bond donors (Lipinski definition) is 1. The number of nitrogens with two attached hydrogens (primary N) is 1. The highest BCUT2D eigenvalue weighted by molar-refractivity contribution is 5.39. The van der Waals surface area contributed by atoms with E-state index in [2.05, 4.69) is 0 Å². The lowest BCUT2D eigenvalue weighted by molar-refractivity contribution is 0.391. The molecule has 0 saturated heterocycles. The Hall–Kier alpha value is -1.22. The number of rotatable bonds is 6. The SMILES string of the molecule is COc1cc(OC)cc(C(N)CCC2CCCC2)c1. The largest absolute Gasteiger partial charge is 0.497 e. The summed E-state index contributed by atoms with van der Waals surface area (Å²) in [6, 6.07) is 5.99. The second kappa shape index (κ2) is 6.80. The molecule has 0 bridgehead atoms. The summed E-state index contributed by atoms with van der Waals surface area (Å²) in [4.78, 5) is 0.